The van der Waals surface area contributed by atoms with Crippen LogP contribution < -0.4 is 5.32 Å². The summed E-state index contributed by atoms with van der Waals surface area (Å²) in [5.41, 5.74) is 4.16. The molecule has 0 unspecified atom stereocenters. The first-order chi connectivity index (χ1) is 12.5. The highest BCUT2D eigenvalue weighted by molar-refractivity contribution is 5.91. The van der Waals surface area contributed by atoms with E-state index in [0.29, 0.717) is 0 Å². The van der Waals surface area contributed by atoms with Gasteiger partial charge in [0.15, 0.2) is 0 Å². The predicted molar refractivity (Wildman–Crippen MR) is 103 cm³/mol. The molecule has 4 aromatic rings. The van der Waals surface area contributed by atoms with Gasteiger partial charge in [-0.3, -0.25) is 0 Å². The van der Waals surface area contributed by atoms with Crippen LogP contribution in [-0.2, 0) is 5.41 Å². The van der Waals surface area contributed by atoms with Gasteiger partial charge in [-0.25, -0.2) is 19.6 Å². The lowest BCUT2D eigenvalue weighted by Crippen LogP contribution is -2.11. The summed E-state index contributed by atoms with van der Waals surface area (Å²) in [6, 6.07) is 14.3. The van der Waals surface area contributed by atoms with Crippen molar-refractivity contribution in [3.63, 3.8) is 0 Å². The molecule has 6 nitrogen and oxygen atoms in total. The Kier molecular flexibility index (Phi) is 3.88. The Hall–Kier alpha value is -3.28. The smallest absolute Gasteiger partial charge is 0.141 e. The molecule has 26 heavy (non-hydrogen) atoms. The van der Waals surface area contributed by atoms with Gasteiger partial charge >= 0.3 is 0 Å². The number of fused-ring (bicyclic) bond motifs is 1. The molecule has 0 bridgehead atoms. The highest BCUT2D eigenvalue weighted by Gasteiger charge is 2.15. The molecule has 0 aliphatic carbocycles. The Morgan fingerprint density at radius 3 is 2.42 bits per heavy atom. The molecule has 2 aromatic heterocycles. The second kappa shape index (κ2) is 6.22. The van der Waals surface area contributed by atoms with E-state index in [1.54, 1.807) is 17.3 Å². The van der Waals surface area contributed by atoms with Gasteiger partial charge in [0.25, 0.3) is 0 Å². The molecule has 0 aliphatic rings. The first-order valence-corrected chi connectivity index (χ1v) is 8.48. The van der Waals surface area contributed by atoms with E-state index in [2.05, 4.69) is 64.3 Å². The van der Waals surface area contributed by atoms with Gasteiger partial charge in [-0.1, -0.05) is 26.8 Å². The van der Waals surface area contributed by atoms with Gasteiger partial charge in [0.1, 0.15) is 24.8 Å². The minimum Gasteiger partial charge on any atom is -0.340 e. The molecule has 0 saturated heterocycles. The first kappa shape index (κ1) is 16.2. The molecule has 0 fully saturated rings. The third-order valence-corrected chi connectivity index (χ3v) is 4.31. The summed E-state index contributed by atoms with van der Waals surface area (Å²) in [5, 5.41) is 8.55. The zero-order valence-electron chi connectivity index (χ0n) is 15.0. The maximum atomic E-state index is 4.45. The maximum absolute atomic E-state index is 4.45. The van der Waals surface area contributed by atoms with Crippen molar-refractivity contribution in [2.75, 3.05) is 5.32 Å². The van der Waals surface area contributed by atoms with Gasteiger partial charge in [0.05, 0.1) is 11.2 Å². The molecular formula is C20H20N6. The monoisotopic (exact) mass is 344 g/mol. The van der Waals surface area contributed by atoms with E-state index in [1.165, 1.54) is 11.9 Å². The van der Waals surface area contributed by atoms with Crippen molar-refractivity contribution >= 4 is 22.4 Å². The first-order valence-electron chi connectivity index (χ1n) is 8.48. The molecule has 130 valence electrons. The van der Waals surface area contributed by atoms with E-state index in [-0.39, 0.29) is 5.41 Å². The Labute approximate surface area is 152 Å². The van der Waals surface area contributed by atoms with Gasteiger partial charge in [-0.05, 0) is 47.4 Å². The zero-order chi connectivity index (χ0) is 18.1. The number of hydrogen-bond donors (Lipinski definition) is 1. The second-order valence-electron chi connectivity index (χ2n) is 7.22. The second-order valence-corrected chi connectivity index (χ2v) is 7.22. The quantitative estimate of drug-likeness (QED) is 0.602. The molecule has 6 heteroatoms. The van der Waals surface area contributed by atoms with Crippen LogP contribution in [0.25, 0.3) is 16.6 Å². The van der Waals surface area contributed by atoms with Crippen molar-refractivity contribution in [2.24, 2.45) is 0 Å². The number of benzene rings is 2. The fraction of sp³-hybridized carbons (Fsp3) is 0.200. The Morgan fingerprint density at radius 1 is 0.923 bits per heavy atom. The van der Waals surface area contributed by atoms with Crippen LogP contribution in [-0.4, -0.2) is 24.7 Å². The van der Waals surface area contributed by atoms with Crippen LogP contribution in [0, 0.1) is 0 Å². The summed E-state index contributed by atoms with van der Waals surface area (Å²) in [4.78, 5) is 12.8. The standard InChI is InChI=1S/C20H20N6/c1-20(2,3)14-4-9-18-17(10-14)19(23-12-22-18)25-15-5-7-16(8-6-15)26-13-21-11-24-26/h4-13H,1-3H3,(H,22,23,25). The van der Waals surface area contributed by atoms with Crippen LogP contribution in [0.15, 0.2) is 61.4 Å². The normalized spacial score (nSPS) is 11.7. The maximum Gasteiger partial charge on any atom is 0.141 e. The number of nitrogens with zero attached hydrogens (tertiary/aromatic N) is 5. The summed E-state index contributed by atoms with van der Waals surface area (Å²) < 4.78 is 1.72. The minimum absolute atomic E-state index is 0.0702. The molecule has 0 amide bonds. The lowest BCUT2D eigenvalue weighted by Gasteiger charge is -2.20. The lowest BCUT2D eigenvalue weighted by molar-refractivity contribution is 0.591. The molecule has 4 rings (SSSR count). The van der Waals surface area contributed by atoms with Gasteiger partial charge < -0.3 is 5.32 Å². The Balaban J connectivity index is 1.68. The predicted octanol–water partition coefficient (Wildman–Crippen LogP) is 4.25. The molecule has 2 aromatic carbocycles. The van der Waals surface area contributed by atoms with E-state index >= 15 is 0 Å². The van der Waals surface area contributed by atoms with E-state index < -0.39 is 0 Å². The number of aromatic nitrogens is 5. The van der Waals surface area contributed by atoms with Crippen LogP contribution in [0.5, 0.6) is 0 Å². The molecule has 0 aliphatic heterocycles. The molecule has 0 saturated carbocycles. The van der Waals surface area contributed by atoms with Gasteiger partial charge in [0.2, 0.25) is 0 Å². The summed E-state index contributed by atoms with van der Waals surface area (Å²) in [6.45, 7) is 6.61. The van der Waals surface area contributed by atoms with Crippen LogP contribution in [0.3, 0.4) is 0 Å². The molecule has 1 N–H and O–H groups in total. The van der Waals surface area contributed by atoms with Crippen LogP contribution in [0.1, 0.15) is 26.3 Å². The van der Waals surface area contributed by atoms with Crippen LogP contribution in [0.2, 0.25) is 0 Å². The fourth-order valence-electron chi connectivity index (χ4n) is 2.80. The van der Waals surface area contributed by atoms with Crippen molar-refractivity contribution in [1.29, 1.82) is 0 Å². The van der Waals surface area contributed by atoms with E-state index in [0.717, 1.165) is 28.1 Å². The summed E-state index contributed by atoms with van der Waals surface area (Å²) in [5.74, 6) is 0.801. The van der Waals surface area contributed by atoms with Crippen molar-refractivity contribution in [2.45, 2.75) is 26.2 Å². The Bertz CT molecular complexity index is 1030. The van der Waals surface area contributed by atoms with Crippen molar-refractivity contribution in [1.82, 2.24) is 24.7 Å². The SMILES string of the molecule is CC(C)(C)c1ccc2ncnc(Nc3ccc(-n4cncn4)cc3)c2c1. The number of nitrogens with one attached hydrogen (secondary N) is 1. The Morgan fingerprint density at radius 2 is 1.73 bits per heavy atom. The van der Waals surface area contributed by atoms with Gasteiger partial charge in [0, 0.05) is 11.1 Å². The average Bonchev–Trinajstić information content (AvgIpc) is 3.16. The van der Waals surface area contributed by atoms with E-state index in [1.807, 2.05) is 24.3 Å². The summed E-state index contributed by atoms with van der Waals surface area (Å²) in [6.07, 6.45) is 4.78. The van der Waals surface area contributed by atoms with E-state index in [9.17, 15) is 0 Å². The topological polar surface area (TPSA) is 68.5 Å². The molecular weight excluding hydrogens is 324 g/mol. The molecule has 0 spiro atoms. The van der Waals surface area contributed by atoms with Gasteiger partial charge in [-0.15, -0.1) is 0 Å². The van der Waals surface area contributed by atoms with Crippen molar-refractivity contribution < 1.29 is 0 Å². The average molecular weight is 344 g/mol. The largest absolute Gasteiger partial charge is 0.340 e. The third-order valence-electron chi connectivity index (χ3n) is 4.31. The highest BCUT2D eigenvalue weighted by atomic mass is 15.3. The summed E-state index contributed by atoms with van der Waals surface area (Å²) >= 11 is 0. The number of rotatable bonds is 3. The summed E-state index contributed by atoms with van der Waals surface area (Å²) in [7, 11) is 0. The minimum atomic E-state index is 0.0702. The highest BCUT2D eigenvalue weighted by Crippen LogP contribution is 2.29. The number of anilines is 2. The van der Waals surface area contributed by atoms with Crippen LogP contribution >= 0.6 is 0 Å². The molecule has 2 heterocycles. The van der Waals surface area contributed by atoms with E-state index in [4.69, 9.17) is 0 Å². The molecule has 0 atom stereocenters. The van der Waals surface area contributed by atoms with Crippen LogP contribution in [0.4, 0.5) is 11.5 Å². The third kappa shape index (κ3) is 3.13. The fourth-order valence-corrected chi connectivity index (χ4v) is 2.80. The van der Waals surface area contributed by atoms with Gasteiger partial charge in [-0.2, -0.15) is 5.10 Å². The van der Waals surface area contributed by atoms with Crippen molar-refractivity contribution in [3.8, 4) is 5.69 Å². The molecule has 0 radical (unpaired) electrons. The van der Waals surface area contributed by atoms with Crippen molar-refractivity contribution in [3.05, 3.63) is 67.0 Å². The lowest BCUT2D eigenvalue weighted by atomic mass is 9.86. The number of hydrogen-bond acceptors (Lipinski definition) is 5. The zero-order valence-corrected chi connectivity index (χ0v) is 15.0.